The number of nitrogens with one attached hydrogen (secondary N) is 1. The summed E-state index contributed by atoms with van der Waals surface area (Å²) in [5, 5.41) is 8.62. The summed E-state index contributed by atoms with van der Waals surface area (Å²) < 4.78 is 26.2. The molecule has 7 nitrogen and oxygen atoms in total. The van der Waals surface area contributed by atoms with Crippen LogP contribution in [0.15, 0.2) is 65.6 Å². The fraction of sp³-hybridized carbons (Fsp3) is 0.100. The molecule has 1 aliphatic heterocycles. The van der Waals surface area contributed by atoms with Gasteiger partial charge >= 0.3 is 0 Å². The Bertz CT molecular complexity index is 1190. The average molecular weight is 428 g/mol. The Balaban J connectivity index is 1.57. The minimum atomic E-state index is -3.78. The van der Waals surface area contributed by atoms with Crippen LogP contribution in [-0.2, 0) is 21.4 Å². The van der Waals surface area contributed by atoms with Crippen molar-refractivity contribution in [1.29, 1.82) is 0 Å². The number of thiophene rings is 1. The van der Waals surface area contributed by atoms with Gasteiger partial charge < -0.3 is 0 Å². The number of carbonyl (C=O) groups excluding carboxylic acids is 2. The number of carbonyl (C=O) groups is 2. The van der Waals surface area contributed by atoms with Gasteiger partial charge in [-0.25, -0.2) is 13.9 Å². The molecule has 2 aromatic carbocycles. The lowest BCUT2D eigenvalue weighted by molar-refractivity contribution is -0.129. The number of nitrogens with zero attached hydrogens (tertiary/aromatic N) is 1. The Kier molecular flexibility index (Phi) is 5.05. The second-order valence-electron chi connectivity index (χ2n) is 6.48. The van der Waals surface area contributed by atoms with Crippen molar-refractivity contribution in [1.82, 2.24) is 9.79 Å². The predicted octanol–water partition coefficient (Wildman–Crippen LogP) is 2.66. The molecule has 2 N–H and O–H groups in total. The van der Waals surface area contributed by atoms with Crippen molar-refractivity contribution in [3.63, 3.8) is 0 Å². The second kappa shape index (κ2) is 7.53. The van der Waals surface area contributed by atoms with Crippen LogP contribution in [0.3, 0.4) is 0 Å². The summed E-state index contributed by atoms with van der Waals surface area (Å²) in [5.74, 6) is -0.867. The first-order valence-corrected chi connectivity index (χ1v) is 10.9. The van der Waals surface area contributed by atoms with Gasteiger partial charge in [-0.2, -0.15) is 4.31 Å². The highest BCUT2D eigenvalue weighted by atomic mass is 32.2. The zero-order valence-electron chi connectivity index (χ0n) is 15.0. The number of sulfonamides is 1. The van der Waals surface area contributed by atoms with Crippen LogP contribution in [0.4, 0.5) is 0 Å². The normalized spacial score (nSPS) is 15.1. The van der Waals surface area contributed by atoms with Crippen molar-refractivity contribution >= 4 is 33.1 Å². The minimum absolute atomic E-state index is 0.0776. The quantitative estimate of drug-likeness (QED) is 0.369. The van der Waals surface area contributed by atoms with Crippen LogP contribution in [0.1, 0.15) is 20.8 Å². The molecule has 0 aliphatic carbocycles. The third-order valence-corrected chi connectivity index (χ3v) is 7.78. The van der Waals surface area contributed by atoms with Crippen LogP contribution in [0, 0.1) is 0 Å². The number of rotatable bonds is 5. The minimum Gasteiger partial charge on any atom is -0.289 e. The van der Waals surface area contributed by atoms with E-state index in [-0.39, 0.29) is 17.2 Å². The Morgan fingerprint density at radius 1 is 1.03 bits per heavy atom. The first kappa shape index (κ1) is 19.5. The van der Waals surface area contributed by atoms with Gasteiger partial charge in [0.05, 0.1) is 18.0 Å². The van der Waals surface area contributed by atoms with Crippen LogP contribution in [0.25, 0.3) is 10.4 Å². The molecule has 0 saturated heterocycles. The van der Waals surface area contributed by atoms with Gasteiger partial charge in [0.2, 0.25) is 10.0 Å². The van der Waals surface area contributed by atoms with Gasteiger partial charge in [-0.05, 0) is 11.6 Å². The highest BCUT2D eigenvalue weighted by Crippen LogP contribution is 2.40. The summed E-state index contributed by atoms with van der Waals surface area (Å²) in [7, 11) is -3.78. The molecule has 1 aromatic heterocycles. The third-order valence-electron chi connectivity index (χ3n) is 4.62. The van der Waals surface area contributed by atoms with Gasteiger partial charge in [-0.15, -0.1) is 11.3 Å². The van der Waals surface area contributed by atoms with Crippen LogP contribution < -0.4 is 5.48 Å². The van der Waals surface area contributed by atoms with Crippen molar-refractivity contribution in [3.8, 4) is 10.4 Å². The highest BCUT2D eigenvalue weighted by molar-refractivity contribution is 7.89. The molecule has 148 valence electrons. The number of hydrogen-bond acceptors (Lipinski definition) is 6. The maximum Gasteiger partial charge on any atom is 0.258 e. The van der Waals surface area contributed by atoms with Crippen LogP contribution in [0.2, 0.25) is 0 Å². The Morgan fingerprint density at radius 3 is 2.31 bits per heavy atom. The van der Waals surface area contributed by atoms with E-state index in [1.807, 2.05) is 18.2 Å². The summed E-state index contributed by atoms with van der Waals surface area (Å²) in [4.78, 5) is 25.4. The molecule has 1 amide bonds. The first-order chi connectivity index (χ1) is 13.9. The summed E-state index contributed by atoms with van der Waals surface area (Å²) in [6.07, 6.45) is 0. The van der Waals surface area contributed by atoms with Gasteiger partial charge in [0.15, 0.2) is 5.78 Å². The number of ketones is 1. The van der Waals surface area contributed by atoms with Crippen molar-refractivity contribution < 1.29 is 23.2 Å². The van der Waals surface area contributed by atoms with Crippen molar-refractivity contribution in [3.05, 3.63) is 76.7 Å². The monoisotopic (exact) mass is 428 g/mol. The third kappa shape index (κ3) is 3.60. The van der Waals surface area contributed by atoms with E-state index in [0.29, 0.717) is 16.0 Å². The zero-order valence-corrected chi connectivity index (χ0v) is 16.7. The maximum absolute atomic E-state index is 12.6. The van der Waals surface area contributed by atoms with Gasteiger partial charge in [0, 0.05) is 20.9 Å². The van der Waals surface area contributed by atoms with E-state index < -0.39 is 22.5 Å². The molecule has 2 heterocycles. The SMILES string of the molecule is O=C(CN1Cc2sc(-c3ccc(C(=O)c4ccccc4)cc3)cc2S1(=O)=O)NO. The highest BCUT2D eigenvalue weighted by Gasteiger charge is 2.37. The van der Waals surface area contributed by atoms with Crippen LogP contribution >= 0.6 is 11.3 Å². The smallest absolute Gasteiger partial charge is 0.258 e. The summed E-state index contributed by atoms with van der Waals surface area (Å²) in [6.45, 7) is -0.355. The summed E-state index contributed by atoms with van der Waals surface area (Å²) in [6, 6.07) is 17.6. The molecule has 4 rings (SSSR count). The molecule has 0 spiro atoms. The number of benzene rings is 2. The molecule has 0 radical (unpaired) electrons. The molecule has 0 atom stereocenters. The van der Waals surface area contributed by atoms with Crippen molar-refractivity contribution in [2.75, 3.05) is 6.54 Å². The van der Waals surface area contributed by atoms with Crippen molar-refractivity contribution in [2.24, 2.45) is 0 Å². The maximum atomic E-state index is 12.6. The fourth-order valence-corrected chi connectivity index (χ4v) is 6.30. The first-order valence-electron chi connectivity index (χ1n) is 8.66. The van der Waals surface area contributed by atoms with E-state index in [4.69, 9.17) is 5.21 Å². The lowest BCUT2D eigenvalue weighted by Crippen LogP contribution is -2.36. The average Bonchev–Trinajstić information content (AvgIpc) is 3.26. The lowest BCUT2D eigenvalue weighted by atomic mass is 10.0. The Morgan fingerprint density at radius 2 is 1.69 bits per heavy atom. The number of hydrogen-bond donors (Lipinski definition) is 2. The van der Waals surface area contributed by atoms with Crippen LogP contribution in [-0.4, -0.2) is 36.2 Å². The molecule has 1 aliphatic rings. The second-order valence-corrected chi connectivity index (χ2v) is 9.52. The number of amides is 1. The molecule has 3 aromatic rings. The lowest BCUT2D eigenvalue weighted by Gasteiger charge is -2.12. The van der Waals surface area contributed by atoms with E-state index in [2.05, 4.69) is 0 Å². The Labute approximate surface area is 171 Å². The van der Waals surface area contributed by atoms with Gasteiger partial charge in [0.25, 0.3) is 5.91 Å². The number of hydroxylamine groups is 1. The van der Waals surface area contributed by atoms with Gasteiger partial charge in [0.1, 0.15) is 0 Å². The molecular weight excluding hydrogens is 412 g/mol. The fourth-order valence-electron chi connectivity index (χ4n) is 3.15. The van der Waals surface area contributed by atoms with E-state index in [9.17, 15) is 18.0 Å². The van der Waals surface area contributed by atoms with Gasteiger partial charge in [-0.1, -0.05) is 54.6 Å². The Hall–Kier alpha value is -2.85. The molecule has 0 bridgehead atoms. The summed E-state index contributed by atoms with van der Waals surface area (Å²) in [5.41, 5.74) is 3.41. The largest absolute Gasteiger partial charge is 0.289 e. The summed E-state index contributed by atoms with van der Waals surface area (Å²) >= 11 is 1.33. The standard InChI is InChI=1S/C20H16N2O5S2/c23-19(21-25)12-22-11-17-18(29(22,26)27)10-16(28-17)13-6-8-15(9-7-13)20(24)14-4-2-1-3-5-14/h1-10,25H,11-12H2,(H,21,23). The number of fused-ring (bicyclic) bond motifs is 1. The van der Waals surface area contributed by atoms with E-state index >= 15 is 0 Å². The molecule has 9 heteroatoms. The molecule has 0 unspecified atom stereocenters. The molecular formula is C20H16N2O5S2. The van der Waals surface area contributed by atoms with Crippen LogP contribution in [0.5, 0.6) is 0 Å². The predicted molar refractivity (Wildman–Crippen MR) is 107 cm³/mol. The molecule has 0 fully saturated rings. The zero-order chi connectivity index (χ0) is 20.6. The van der Waals surface area contributed by atoms with E-state index in [1.165, 1.54) is 16.8 Å². The molecule has 0 saturated carbocycles. The van der Waals surface area contributed by atoms with Crippen molar-refractivity contribution in [2.45, 2.75) is 11.4 Å². The van der Waals surface area contributed by atoms with Gasteiger partial charge in [-0.3, -0.25) is 14.8 Å². The topological polar surface area (TPSA) is 104 Å². The van der Waals surface area contributed by atoms with E-state index in [1.54, 1.807) is 42.5 Å². The van der Waals surface area contributed by atoms with E-state index in [0.717, 1.165) is 14.7 Å². The molecule has 29 heavy (non-hydrogen) atoms.